The molecule has 24 heavy (non-hydrogen) atoms. The fraction of sp³-hybridized carbons (Fsp3) is 0.286. The first-order valence-electron chi connectivity index (χ1n) is 8.69. The van der Waals surface area contributed by atoms with E-state index in [1.165, 1.54) is 36.1 Å². The summed E-state index contributed by atoms with van der Waals surface area (Å²) in [5.41, 5.74) is 6.68. The van der Waals surface area contributed by atoms with Gasteiger partial charge in [-0.3, -0.25) is 0 Å². The number of hydrogen-bond acceptors (Lipinski definition) is 3. The van der Waals surface area contributed by atoms with Crippen molar-refractivity contribution >= 4 is 0 Å². The van der Waals surface area contributed by atoms with Gasteiger partial charge >= 0.3 is 0 Å². The van der Waals surface area contributed by atoms with Gasteiger partial charge in [0.05, 0.1) is 5.69 Å². The standard InChI is InChI=1S/C21H21N3/c1-15-12-13-19(23-20(15)16-8-4-2-5-9-16)21-22-14-17-10-6-3-7-11-18(17)24-21/h2,4-5,8-9,12-14H,3,6-7,10-11H2,1H3. The highest BCUT2D eigenvalue weighted by Gasteiger charge is 2.13. The molecule has 0 aliphatic heterocycles. The highest BCUT2D eigenvalue weighted by Crippen LogP contribution is 2.25. The Labute approximate surface area is 142 Å². The van der Waals surface area contributed by atoms with Crippen LogP contribution in [0.15, 0.2) is 48.7 Å². The van der Waals surface area contributed by atoms with E-state index >= 15 is 0 Å². The number of fused-ring (bicyclic) bond motifs is 1. The molecule has 1 aliphatic rings. The lowest BCUT2D eigenvalue weighted by atomic mass is 10.1. The second-order valence-corrected chi connectivity index (χ2v) is 6.45. The first-order valence-corrected chi connectivity index (χ1v) is 8.69. The molecular formula is C21H21N3. The molecular weight excluding hydrogens is 294 g/mol. The van der Waals surface area contributed by atoms with Gasteiger partial charge in [-0.05, 0) is 49.8 Å². The van der Waals surface area contributed by atoms with Crippen LogP contribution in [0.4, 0.5) is 0 Å². The second-order valence-electron chi connectivity index (χ2n) is 6.45. The summed E-state index contributed by atoms with van der Waals surface area (Å²) in [4.78, 5) is 14.3. The van der Waals surface area contributed by atoms with Crippen LogP contribution in [0.3, 0.4) is 0 Å². The first-order chi connectivity index (χ1) is 11.8. The van der Waals surface area contributed by atoms with Gasteiger partial charge < -0.3 is 0 Å². The molecule has 0 amide bonds. The topological polar surface area (TPSA) is 38.7 Å². The maximum atomic E-state index is 4.86. The number of benzene rings is 1. The minimum absolute atomic E-state index is 0.743. The summed E-state index contributed by atoms with van der Waals surface area (Å²) in [5, 5.41) is 0. The average molecular weight is 315 g/mol. The van der Waals surface area contributed by atoms with Gasteiger partial charge in [0.15, 0.2) is 5.82 Å². The average Bonchev–Trinajstić information content (AvgIpc) is 2.87. The molecule has 2 heterocycles. The molecule has 3 heteroatoms. The highest BCUT2D eigenvalue weighted by molar-refractivity contribution is 5.66. The molecule has 0 saturated carbocycles. The lowest BCUT2D eigenvalue weighted by Gasteiger charge is -2.10. The number of pyridine rings is 1. The van der Waals surface area contributed by atoms with E-state index in [0.29, 0.717) is 0 Å². The van der Waals surface area contributed by atoms with Gasteiger partial charge in [0.25, 0.3) is 0 Å². The van der Waals surface area contributed by atoms with E-state index in [0.717, 1.165) is 35.6 Å². The number of hydrogen-bond donors (Lipinski definition) is 0. The normalized spacial score (nSPS) is 14.0. The molecule has 1 aromatic carbocycles. The van der Waals surface area contributed by atoms with E-state index in [9.17, 15) is 0 Å². The van der Waals surface area contributed by atoms with Gasteiger partial charge in [0.1, 0.15) is 5.69 Å². The molecule has 0 spiro atoms. The smallest absolute Gasteiger partial charge is 0.178 e. The Hall–Kier alpha value is -2.55. The minimum atomic E-state index is 0.743. The van der Waals surface area contributed by atoms with Gasteiger partial charge in [-0.1, -0.05) is 42.8 Å². The summed E-state index contributed by atoms with van der Waals surface area (Å²) < 4.78 is 0. The third-order valence-corrected chi connectivity index (χ3v) is 4.69. The van der Waals surface area contributed by atoms with Crippen LogP contribution < -0.4 is 0 Å². The molecule has 0 radical (unpaired) electrons. The summed E-state index contributed by atoms with van der Waals surface area (Å²) in [6.45, 7) is 2.09. The van der Waals surface area contributed by atoms with Gasteiger partial charge in [-0.2, -0.15) is 0 Å². The van der Waals surface area contributed by atoms with Gasteiger partial charge in [-0.15, -0.1) is 0 Å². The maximum absolute atomic E-state index is 4.86. The predicted molar refractivity (Wildman–Crippen MR) is 96.7 cm³/mol. The van der Waals surface area contributed by atoms with E-state index in [4.69, 9.17) is 9.97 Å². The molecule has 1 aliphatic carbocycles. The molecule has 0 fully saturated rings. The Morgan fingerprint density at radius 2 is 1.67 bits per heavy atom. The van der Waals surface area contributed by atoms with Crippen molar-refractivity contribution in [2.24, 2.45) is 0 Å². The number of aromatic nitrogens is 3. The van der Waals surface area contributed by atoms with Gasteiger partial charge in [0, 0.05) is 17.5 Å². The summed E-state index contributed by atoms with van der Waals surface area (Å²) in [6.07, 6.45) is 7.92. The largest absolute Gasteiger partial charge is 0.244 e. The van der Waals surface area contributed by atoms with Crippen molar-refractivity contribution in [3.05, 3.63) is 65.5 Å². The van der Waals surface area contributed by atoms with Crippen LogP contribution in [0.1, 0.15) is 36.1 Å². The van der Waals surface area contributed by atoms with Crippen molar-refractivity contribution in [3.63, 3.8) is 0 Å². The fourth-order valence-corrected chi connectivity index (χ4v) is 3.32. The molecule has 0 bridgehead atoms. The van der Waals surface area contributed by atoms with E-state index in [1.54, 1.807) is 0 Å². The van der Waals surface area contributed by atoms with Gasteiger partial charge in [-0.25, -0.2) is 15.0 Å². The van der Waals surface area contributed by atoms with Crippen LogP contribution in [0.25, 0.3) is 22.8 Å². The SMILES string of the molecule is Cc1ccc(-c2ncc3c(n2)CCCCC3)nc1-c1ccccc1. The van der Waals surface area contributed by atoms with E-state index in [2.05, 4.69) is 30.1 Å². The van der Waals surface area contributed by atoms with Crippen molar-refractivity contribution < 1.29 is 0 Å². The molecule has 120 valence electrons. The number of rotatable bonds is 2. The lowest BCUT2D eigenvalue weighted by Crippen LogP contribution is -2.02. The quantitative estimate of drug-likeness (QED) is 0.639. The molecule has 2 aromatic heterocycles. The summed E-state index contributed by atoms with van der Waals surface area (Å²) in [7, 11) is 0. The second kappa shape index (κ2) is 6.52. The van der Waals surface area contributed by atoms with Crippen LogP contribution in [0.5, 0.6) is 0 Å². The van der Waals surface area contributed by atoms with Crippen molar-refractivity contribution in [1.29, 1.82) is 0 Å². The third-order valence-electron chi connectivity index (χ3n) is 4.69. The lowest BCUT2D eigenvalue weighted by molar-refractivity contribution is 0.709. The van der Waals surface area contributed by atoms with Crippen LogP contribution in [0, 0.1) is 6.92 Å². The molecule has 3 nitrogen and oxygen atoms in total. The van der Waals surface area contributed by atoms with Crippen LogP contribution >= 0.6 is 0 Å². The Bertz CT molecular complexity index is 856. The zero-order valence-corrected chi connectivity index (χ0v) is 14.0. The number of aryl methyl sites for hydroxylation is 3. The van der Waals surface area contributed by atoms with Crippen molar-refractivity contribution in [2.75, 3.05) is 0 Å². The zero-order valence-electron chi connectivity index (χ0n) is 14.0. The minimum Gasteiger partial charge on any atom is -0.244 e. The van der Waals surface area contributed by atoms with Crippen LogP contribution in [0.2, 0.25) is 0 Å². The monoisotopic (exact) mass is 315 g/mol. The molecule has 0 N–H and O–H groups in total. The molecule has 0 atom stereocenters. The Morgan fingerprint density at radius 3 is 2.54 bits per heavy atom. The van der Waals surface area contributed by atoms with E-state index in [1.807, 2.05) is 30.5 Å². The fourth-order valence-electron chi connectivity index (χ4n) is 3.32. The van der Waals surface area contributed by atoms with Crippen molar-refractivity contribution in [2.45, 2.75) is 39.0 Å². The Balaban J connectivity index is 1.76. The van der Waals surface area contributed by atoms with Crippen LogP contribution in [-0.2, 0) is 12.8 Å². The van der Waals surface area contributed by atoms with Crippen LogP contribution in [-0.4, -0.2) is 15.0 Å². The third kappa shape index (κ3) is 2.94. The van der Waals surface area contributed by atoms with E-state index < -0.39 is 0 Å². The van der Waals surface area contributed by atoms with E-state index in [-0.39, 0.29) is 0 Å². The van der Waals surface area contributed by atoms with Gasteiger partial charge in [0.2, 0.25) is 0 Å². The Morgan fingerprint density at radius 1 is 0.833 bits per heavy atom. The maximum Gasteiger partial charge on any atom is 0.178 e. The predicted octanol–water partition coefficient (Wildman–Crippen LogP) is 4.78. The first kappa shape index (κ1) is 15.0. The molecule has 3 aromatic rings. The molecule has 0 unspecified atom stereocenters. The van der Waals surface area contributed by atoms with Crippen molar-refractivity contribution in [3.8, 4) is 22.8 Å². The summed E-state index contributed by atoms with van der Waals surface area (Å²) >= 11 is 0. The summed E-state index contributed by atoms with van der Waals surface area (Å²) in [6, 6.07) is 14.4. The summed E-state index contributed by atoms with van der Waals surface area (Å²) in [5.74, 6) is 0.743. The number of nitrogens with zero attached hydrogens (tertiary/aromatic N) is 3. The zero-order chi connectivity index (χ0) is 16.4. The van der Waals surface area contributed by atoms with Crippen molar-refractivity contribution in [1.82, 2.24) is 15.0 Å². The molecule has 0 saturated heterocycles. The highest BCUT2D eigenvalue weighted by atomic mass is 14.9. The Kier molecular flexibility index (Phi) is 4.08. The molecule has 4 rings (SSSR count).